The van der Waals surface area contributed by atoms with Gasteiger partial charge in [0, 0.05) is 25.0 Å². The molecular weight excluding hydrogens is 248 g/mol. The molecule has 16 heavy (non-hydrogen) atoms. The van der Waals surface area contributed by atoms with Gasteiger partial charge in [-0.25, -0.2) is 4.72 Å². The number of piperidine rings is 1. The van der Waals surface area contributed by atoms with Crippen molar-refractivity contribution in [1.82, 2.24) is 9.03 Å². The fourth-order valence-corrected chi connectivity index (χ4v) is 3.74. The third-order valence-electron chi connectivity index (χ3n) is 3.25. The third kappa shape index (κ3) is 3.32. The lowest BCUT2D eigenvalue weighted by molar-refractivity contribution is 0.341. The summed E-state index contributed by atoms with van der Waals surface area (Å²) in [5.74, 6) is 0.519. The van der Waals surface area contributed by atoms with E-state index in [1.807, 2.05) is 0 Å². The van der Waals surface area contributed by atoms with Gasteiger partial charge in [-0.1, -0.05) is 6.42 Å². The van der Waals surface area contributed by atoms with Gasteiger partial charge in [0.05, 0.1) is 0 Å². The summed E-state index contributed by atoms with van der Waals surface area (Å²) in [7, 11) is -3.29. The lowest BCUT2D eigenvalue weighted by Crippen LogP contribution is -2.45. The number of nitrogens with zero attached hydrogens (tertiary/aromatic N) is 1. The lowest BCUT2D eigenvalue weighted by Gasteiger charge is -2.26. The van der Waals surface area contributed by atoms with Gasteiger partial charge in [0.15, 0.2) is 0 Å². The van der Waals surface area contributed by atoms with Crippen LogP contribution in [0.4, 0.5) is 0 Å². The Labute approximate surface area is 103 Å². The van der Waals surface area contributed by atoms with Gasteiger partial charge in [0.25, 0.3) is 10.2 Å². The van der Waals surface area contributed by atoms with Crippen LogP contribution < -0.4 is 4.72 Å². The minimum absolute atomic E-state index is 0.0421. The second-order valence-corrected chi connectivity index (χ2v) is 6.98. The van der Waals surface area contributed by atoms with E-state index >= 15 is 0 Å². The van der Waals surface area contributed by atoms with Crippen LogP contribution in [-0.4, -0.2) is 37.7 Å². The number of rotatable bonds is 5. The molecule has 1 aliphatic heterocycles. The van der Waals surface area contributed by atoms with Gasteiger partial charge in [-0.05, 0) is 31.6 Å². The standard InChI is InChI=1S/C10H19ClN2O2S/c11-10(9-4-5-9)8-12-16(14,15)13-6-2-1-3-7-13/h9-10,12H,1-8H2. The van der Waals surface area contributed by atoms with E-state index in [9.17, 15) is 8.42 Å². The molecule has 0 aromatic rings. The summed E-state index contributed by atoms with van der Waals surface area (Å²) in [6.07, 6.45) is 5.34. The van der Waals surface area contributed by atoms with Gasteiger partial charge in [0.1, 0.15) is 0 Å². The van der Waals surface area contributed by atoms with Gasteiger partial charge in [-0.3, -0.25) is 0 Å². The maximum atomic E-state index is 11.9. The van der Waals surface area contributed by atoms with Crippen molar-refractivity contribution in [1.29, 1.82) is 0 Å². The highest BCUT2D eigenvalue weighted by atomic mass is 35.5. The van der Waals surface area contributed by atoms with Gasteiger partial charge in [-0.15, -0.1) is 11.6 Å². The summed E-state index contributed by atoms with van der Waals surface area (Å²) in [5, 5.41) is -0.0421. The predicted octanol–water partition coefficient (Wildman–Crippen LogP) is 1.32. The van der Waals surface area contributed by atoms with E-state index in [0.717, 1.165) is 32.1 Å². The first-order valence-corrected chi connectivity index (χ1v) is 7.86. The van der Waals surface area contributed by atoms with Crippen molar-refractivity contribution in [3.05, 3.63) is 0 Å². The Morgan fingerprint density at radius 2 is 1.88 bits per heavy atom. The van der Waals surface area contributed by atoms with E-state index in [-0.39, 0.29) is 5.38 Å². The third-order valence-corrected chi connectivity index (χ3v) is 5.34. The number of alkyl halides is 1. The van der Waals surface area contributed by atoms with Crippen LogP contribution in [-0.2, 0) is 10.2 Å². The van der Waals surface area contributed by atoms with Gasteiger partial charge < -0.3 is 0 Å². The largest absolute Gasteiger partial charge is 0.279 e. The molecule has 0 radical (unpaired) electrons. The predicted molar refractivity (Wildman–Crippen MR) is 64.7 cm³/mol. The number of halogens is 1. The molecule has 4 nitrogen and oxygen atoms in total. The molecule has 2 rings (SSSR count). The average molecular weight is 267 g/mol. The molecule has 1 N–H and O–H groups in total. The van der Waals surface area contributed by atoms with E-state index in [1.165, 1.54) is 4.31 Å². The molecule has 6 heteroatoms. The SMILES string of the molecule is O=S(=O)(NCC(Cl)C1CC1)N1CCCCC1. The Bertz CT molecular complexity index is 324. The Balaban J connectivity index is 1.81. The molecule has 1 unspecified atom stereocenters. The molecule has 0 aromatic carbocycles. The quantitative estimate of drug-likeness (QED) is 0.763. The molecule has 1 aliphatic carbocycles. The van der Waals surface area contributed by atoms with Crippen LogP contribution in [0.2, 0.25) is 0 Å². The fourth-order valence-electron chi connectivity index (χ4n) is 2.01. The molecular formula is C10H19ClN2O2S. The summed E-state index contributed by atoms with van der Waals surface area (Å²) in [5.41, 5.74) is 0. The van der Waals surface area contributed by atoms with Gasteiger partial charge in [0.2, 0.25) is 0 Å². The molecule has 0 aromatic heterocycles. The molecule has 1 heterocycles. The topological polar surface area (TPSA) is 49.4 Å². The summed E-state index contributed by atoms with van der Waals surface area (Å²) in [6, 6.07) is 0. The van der Waals surface area contributed by atoms with Gasteiger partial charge in [-0.2, -0.15) is 12.7 Å². The average Bonchev–Trinajstić information content (AvgIpc) is 3.11. The molecule has 0 bridgehead atoms. The van der Waals surface area contributed by atoms with Crippen LogP contribution in [0.1, 0.15) is 32.1 Å². The van der Waals surface area contributed by atoms with Crippen molar-refractivity contribution in [3.63, 3.8) is 0 Å². The van der Waals surface area contributed by atoms with Crippen molar-refractivity contribution >= 4 is 21.8 Å². The molecule has 1 saturated heterocycles. The maximum Gasteiger partial charge on any atom is 0.279 e. The van der Waals surface area contributed by atoms with E-state index in [0.29, 0.717) is 25.6 Å². The van der Waals surface area contributed by atoms with E-state index in [2.05, 4.69) is 4.72 Å². The van der Waals surface area contributed by atoms with Crippen LogP contribution in [0.15, 0.2) is 0 Å². The van der Waals surface area contributed by atoms with Crippen molar-refractivity contribution in [3.8, 4) is 0 Å². The minimum Gasteiger partial charge on any atom is -0.201 e. The highest BCUT2D eigenvalue weighted by molar-refractivity contribution is 7.87. The van der Waals surface area contributed by atoms with Crippen LogP contribution in [0, 0.1) is 5.92 Å². The second kappa shape index (κ2) is 5.21. The van der Waals surface area contributed by atoms with E-state index < -0.39 is 10.2 Å². The first-order chi connectivity index (χ1) is 7.59. The first-order valence-electron chi connectivity index (χ1n) is 5.98. The summed E-state index contributed by atoms with van der Waals surface area (Å²) in [4.78, 5) is 0. The number of hydrogen-bond donors (Lipinski definition) is 1. The highest BCUT2D eigenvalue weighted by Crippen LogP contribution is 2.35. The normalized spacial score (nSPS) is 25.6. The Hall–Kier alpha value is 0.160. The molecule has 0 amide bonds. The minimum atomic E-state index is -3.29. The van der Waals surface area contributed by atoms with E-state index in [4.69, 9.17) is 11.6 Å². The second-order valence-electron chi connectivity index (χ2n) is 4.67. The Morgan fingerprint density at radius 1 is 1.25 bits per heavy atom. The first kappa shape index (κ1) is 12.6. The van der Waals surface area contributed by atoms with Gasteiger partial charge >= 0.3 is 0 Å². The number of hydrogen-bond acceptors (Lipinski definition) is 2. The lowest BCUT2D eigenvalue weighted by atomic mass is 10.2. The fraction of sp³-hybridized carbons (Fsp3) is 1.00. The summed E-state index contributed by atoms with van der Waals surface area (Å²) in [6.45, 7) is 1.66. The molecule has 1 atom stereocenters. The maximum absolute atomic E-state index is 11.9. The summed E-state index contributed by atoms with van der Waals surface area (Å²) >= 11 is 6.08. The molecule has 2 fully saturated rings. The Morgan fingerprint density at radius 3 is 2.44 bits per heavy atom. The highest BCUT2D eigenvalue weighted by Gasteiger charge is 2.31. The van der Waals surface area contributed by atoms with Crippen LogP contribution >= 0.6 is 11.6 Å². The van der Waals surface area contributed by atoms with Crippen LogP contribution in [0.3, 0.4) is 0 Å². The number of nitrogens with one attached hydrogen (secondary N) is 1. The van der Waals surface area contributed by atoms with Crippen molar-refractivity contribution in [2.45, 2.75) is 37.5 Å². The zero-order valence-corrected chi connectivity index (χ0v) is 10.9. The zero-order valence-electron chi connectivity index (χ0n) is 9.36. The monoisotopic (exact) mass is 266 g/mol. The smallest absolute Gasteiger partial charge is 0.201 e. The molecule has 2 aliphatic rings. The zero-order chi connectivity index (χ0) is 11.6. The summed E-state index contributed by atoms with van der Waals surface area (Å²) < 4.78 is 27.9. The van der Waals surface area contributed by atoms with Crippen molar-refractivity contribution in [2.24, 2.45) is 5.92 Å². The van der Waals surface area contributed by atoms with Crippen LogP contribution in [0.5, 0.6) is 0 Å². The van der Waals surface area contributed by atoms with Crippen molar-refractivity contribution in [2.75, 3.05) is 19.6 Å². The molecule has 94 valence electrons. The molecule has 1 saturated carbocycles. The van der Waals surface area contributed by atoms with Crippen LogP contribution in [0.25, 0.3) is 0 Å². The molecule has 0 spiro atoms. The van der Waals surface area contributed by atoms with E-state index in [1.54, 1.807) is 0 Å². The van der Waals surface area contributed by atoms with Crippen molar-refractivity contribution < 1.29 is 8.42 Å². The Kier molecular flexibility index (Phi) is 4.11.